The molecule has 0 spiro atoms. The third-order valence-electron chi connectivity index (χ3n) is 5.22. The number of likely N-dealkylation sites (tertiary alicyclic amines) is 1. The molecule has 1 aliphatic rings. The Balaban J connectivity index is 1.36. The first-order chi connectivity index (χ1) is 14.6. The maximum atomic E-state index is 13.1. The van der Waals surface area contributed by atoms with Crippen molar-refractivity contribution in [1.29, 1.82) is 0 Å². The van der Waals surface area contributed by atoms with E-state index in [-0.39, 0.29) is 23.6 Å². The van der Waals surface area contributed by atoms with Gasteiger partial charge in [0, 0.05) is 37.2 Å². The lowest BCUT2D eigenvalue weighted by atomic mass is 10.0. The van der Waals surface area contributed by atoms with Gasteiger partial charge in [0.15, 0.2) is 5.16 Å². The number of nitrogens with one attached hydrogen (secondary N) is 1. The summed E-state index contributed by atoms with van der Waals surface area (Å²) in [6.45, 7) is 0.765. The van der Waals surface area contributed by atoms with Crippen LogP contribution in [0.4, 0.5) is 5.69 Å². The van der Waals surface area contributed by atoms with Gasteiger partial charge in [-0.25, -0.2) is 4.98 Å². The minimum atomic E-state index is -0.106. The molecule has 6 nitrogen and oxygen atoms in total. The zero-order chi connectivity index (χ0) is 20.9. The van der Waals surface area contributed by atoms with Crippen LogP contribution in [0.25, 0.3) is 0 Å². The van der Waals surface area contributed by atoms with Crippen LogP contribution >= 0.6 is 11.8 Å². The zero-order valence-electron chi connectivity index (χ0n) is 16.8. The molecule has 154 valence electrons. The van der Waals surface area contributed by atoms with Gasteiger partial charge < -0.3 is 14.8 Å². The van der Waals surface area contributed by atoms with Gasteiger partial charge in [-0.15, -0.1) is 0 Å². The highest BCUT2D eigenvalue weighted by atomic mass is 32.2. The van der Waals surface area contributed by atoms with E-state index in [2.05, 4.69) is 22.4 Å². The Morgan fingerprint density at radius 1 is 1.13 bits per heavy atom. The molecule has 2 aromatic carbocycles. The van der Waals surface area contributed by atoms with Gasteiger partial charge in [-0.05, 0) is 42.7 Å². The molecule has 30 heavy (non-hydrogen) atoms. The fourth-order valence-corrected chi connectivity index (χ4v) is 4.44. The lowest BCUT2D eigenvalue weighted by Gasteiger charge is -2.25. The summed E-state index contributed by atoms with van der Waals surface area (Å²) in [5.74, 6) is 0.202. The number of anilines is 1. The van der Waals surface area contributed by atoms with Crippen molar-refractivity contribution in [2.24, 2.45) is 7.05 Å². The van der Waals surface area contributed by atoms with E-state index in [1.54, 1.807) is 30.5 Å². The van der Waals surface area contributed by atoms with Crippen LogP contribution < -0.4 is 5.32 Å². The molecule has 2 heterocycles. The average Bonchev–Trinajstić information content (AvgIpc) is 3.42. The molecule has 0 bridgehead atoms. The summed E-state index contributed by atoms with van der Waals surface area (Å²) in [6, 6.07) is 17.4. The summed E-state index contributed by atoms with van der Waals surface area (Å²) in [7, 11) is 1.89. The van der Waals surface area contributed by atoms with Crippen molar-refractivity contribution in [2.45, 2.75) is 24.0 Å². The van der Waals surface area contributed by atoms with Crippen molar-refractivity contribution in [3.8, 4) is 0 Å². The summed E-state index contributed by atoms with van der Waals surface area (Å²) in [5.41, 5.74) is 2.49. The first-order valence-corrected chi connectivity index (χ1v) is 11.0. The topological polar surface area (TPSA) is 67.2 Å². The lowest BCUT2D eigenvalue weighted by molar-refractivity contribution is -0.113. The number of thioether (sulfide) groups is 1. The molecule has 2 amide bonds. The van der Waals surface area contributed by atoms with Gasteiger partial charge in [0.25, 0.3) is 5.91 Å². The molecule has 1 aromatic heterocycles. The Labute approximate surface area is 180 Å². The number of imidazole rings is 1. The number of hydrogen-bond donors (Lipinski definition) is 1. The third-order valence-corrected chi connectivity index (χ3v) is 6.28. The molecule has 1 atom stereocenters. The highest BCUT2D eigenvalue weighted by Gasteiger charge is 2.30. The van der Waals surface area contributed by atoms with Gasteiger partial charge in [-0.3, -0.25) is 9.59 Å². The van der Waals surface area contributed by atoms with Crippen LogP contribution in [0.5, 0.6) is 0 Å². The first-order valence-electron chi connectivity index (χ1n) is 9.98. The van der Waals surface area contributed by atoms with E-state index in [1.807, 2.05) is 40.9 Å². The quantitative estimate of drug-likeness (QED) is 0.609. The second kappa shape index (κ2) is 9.17. The Bertz CT molecular complexity index is 1020. The Morgan fingerprint density at radius 3 is 2.60 bits per heavy atom. The maximum absolute atomic E-state index is 13.1. The average molecular weight is 421 g/mol. The number of hydrogen-bond acceptors (Lipinski definition) is 4. The largest absolute Gasteiger partial charge is 0.332 e. The van der Waals surface area contributed by atoms with Crippen molar-refractivity contribution in [3.05, 3.63) is 78.1 Å². The number of carbonyl (C=O) groups is 2. The van der Waals surface area contributed by atoms with E-state index in [0.717, 1.165) is 24.5 Å². The number of benzene rings is 2. The molecule has 1 N–H and O–H groups in total. The second-order valence-corrected chi connectivity index (χ2v) is 8.24. The minimum Gasteiger partial charge on any atom is -0.332 e. The second-order valence-electron chi connectivity index (χ2n) is 7.30. The maximum Gasteiger partial charge on any atom is 0.254 e. The van der Waals surface area contributed by atoms with Crippen LogP contribution in [-0.4, -0.2) is 38.6 Å². The number of carbonyl (C=O) groups excluding carboxylic acids is 2. The predicted molar refractivity (Wildman–Crippen MR) is 118 cm³/mol. The number of aryl methyl sites for hydroxylation is 1. The molecule has 4 rings (SSSR count). The Morgan fingerprint density at radius 2 is 1.90 bits per heavy atom. The summed E-state index contributed by atoms with van der Waals surface area (Å²) >= 11 is 1.38. The first kappa shape index (κ1) is 20.2. The van der Waals surface area contributed by atoms with Crippen LogP contribution in [0.2, 0.25) is 0 Å². The molecule has 1 saturated heterocycles. The fraction of sp³-hybridized carbons (Fsp3) is 0.261. The van der Waals surface area contributed by atoms with Gasteiger partial charge in [-0.2, -0.15) is 0 Å². The van der Waals surface area contributed by atoms with Crippen molar-refractivity contribution in [2.75, 3.05) is 17.6 Å². The van der Waals surface area contributed by atoms with Crippen LogP contribution in [0.3, 0.4) is 0 Å². The highest BCUT2D eigenvalue weighted by Crippen LogP contribution is 2.33. The summed E-state index contributed by atoms with van der Waals surface area (Å²) in [5, 5.41) is 3.67. The van der Waals surface area contributed by atoms with Crippen molar-refractivity contribution < 1.29 is 9.59 Å². The molecule has 0 aliphatic carbocycles. The number of rotatable bonds is 6. The smallest absolute Gasteiger partial charge is 0.254 e. The molecule has 1 aliphatic heterocycles. The number of amides is 2. The van der Waals surface area contributed by atoms with E-state index in [4.69, 9.17) is 0 Å². The van der Waals surface area contributed by atoms with Crippen molar-refractivity contribution >= 4 is 29.3 Å². The van der Waals surface area contributed by atoms with Crippen LogP contribution in [-0.2, 0) is 11.8 Å². The molecule has 7 heteroatoms. The normalized spacial score (nSPS) is 15.9. The molecule has 1 fully saturated rings. The van der Waals surface area contributed by atoms with Gasteiger partial charge >= 0.3 is 0 Å². The van der Waals surface area contributed by atoms with E-state index < -0.39 is 0 Å². The Hall–Kier alpha value is -3.06. The van der Waals surface area contributed by atoms with E-state index in [0.29, 0.717) is 11.3 Å². The summed E-state index contributed by atoms with van der Waals surface area (Å²) in [6.07, 6.45) is 5.54. The third kappa shape index (κ3) is 4.57. The predicted octanol–water partition coefficient (Wildman–Crippen LogP) is 4.13. The molecular weight excluding hydrogens is 396 g/mol. The summed E-state index contributed by atoms with van der Waals surface area (Å²) < 4.78 is 1.87. The van der Waals surface area contributed by atoms with Crippen molar-refractivity contribution in [3.63, 3.8) is 0 Å². The van der Waals surface area contributed by atoms with E-state index >= 15 is 0 Å². The van der Waals surface area contributed by atoms with Gasteiger partial charge in [0.05, 0.1) is 11.8 Å². The minimum absolute atomic E-state index is 0.0320. The standard InChI is InChI=1S/C23H24N4O2S/c1-26-15-13-24-23(26)30-16-21(28)25-19-11-9-18(10-12-19)22(29)27-14-5-8-20(27)17-6-3-2-4-7-17/h2-4,6-7,9-13,15,20H,5,8,14,16H2,1H3,(H,25,28)/t20-/m0/s1. The van der Waals surface area contributed by atoms with Crippen LogP contribution in [0, 0.1) is 0 Å². The zero-order valence-corrected chi connectivity index (χ0v) is 17.6. The van der Waals surface area contributed by atoms with Gasteiger partial charge in [0.1, 0.15) is 0 Å². The number of nitrogens with zero attached hydrogens (tertiary/aromatic N) is 3. The lowest BCUT2D eigenvalue weighted by Crippen LogP contribution is -2.30. The number of aromatic nitrogens is 2. The van der Waals surface area contributed by atoms with Gasteiger partial charge in [0.2, 0.25) is 5.91 Å². The van der Waals surface area contributed by atoms with E-state index in [9.17, 15) is 9.59 Å². The van der Waals surface area contributed by atoms with Crippen molar-refractivity contribution in [1.82, 2.24) is 14.5 Å². The molecule has 0 saturated carbocycles. The van der Waals surface area contributed by atoms with Gasteiger partial charge in [-0.1, -0.05) is 42.1 Å². The molecule has 0 unspecified atom stereocenters. The molecular formula is C23H24N4O2S. The summed E-state index contributed by atoms with van der Waals surface area (Å²) in [4.78, 5) is 31.4. The van der Waals surface area contributed by atoms with Crippen LogP contribution in [0.1, 0.15) is 34.8 Å². The Kier molecular flexibility index (Phi) is 6.18. The highest BCUT2D eigenvalue weighted by molar-refractivity contribution is 7.99. The van der Waals surface area contributed by atoms with Crippen LogP contribution in [0.15, 0.2) is 72.1 Å². The fourth-order valence-electron chi connectivity index (χ4n) is 3.71. The molecule has 0 radical (unpaired) electrons. The SMILES string of the molecule is Cn1ccnc1SCC(=O)Nc1ccc(C(=O)N2CCC[C@H]2c2ccccc2)cc1. The van der Waals surface area contributed by atoms with E-state index in [1.165, 1.54) is 17.3 Å². The molecule has 3 aromatic rings. The monoisotopic (exact) mass is 420 g/mol.